The van der Waals surface area contributed by atoms with Gasteiger partial charge in [-0.2, -0.15) is 10.2 Å². The minimum absolute atomic E-state index is 0.313. The molecule has 0 amide bonds. The van der Waals surface area contributed by atoms with E-state index in [9.17, 15) is 0 Å². The molecule has 0 atom stereocenters. The number of hydrogen-bond acceptors (Lipinski definition) is 6. The van der Waals surface area contributed by atoms with Gasteiger partial charge in [-0.15, -0.1) is 0 Å². The Kier molecular flexibility index (Phi) is 8.26. The molecule has 1 fully saturated rings. The maximum absolute atomic E-state index is 5.96. The summed E-state index contributed by atoms with van der Waals surface area (Å²) >= 11 is 3.30. The largest absolute Gasteiger partial charge is 0.498 e. The van der Waals surface area contributed by atoms with E-state index in [0.29, 0.717) is 13.2 Å². The molecule has 3 rings (SSSR count). The fourth-order valence-corrected chi connectivity index (χ4v) is 2.76. The van der Waals surface area contributed by atoms with Crippen LogP contribution in [0.3, 0.4) is 0 Å². The van der Waals surface area contributed by atoms with Crippen molar-refractivity contribution in [1.82, 2.24) is 19.6 Å². The summed E-state index contributed by atoms with van der Waals surface area (Å²) in [5.74, 6) is 0. The average molecular weight is 457 g/mol. The zero-order chi connectivity index (χ0) is 20.8. The first-order valence-electron chi connectivity index (χ1n) is 9.22. The highest BCUT2D eigenvalue weighted by Gasteiger charge is 2.52. The Morgan fingerprint density at radius 3 is 1.89 bits per heavy atom. The highest BCUT2D eigenvalue weighted by molar-refractivity contribution is 9.10. The fraction of sp³-hybridized carbons (Fsp3) is 0.667. The first kappa shape index (κ1) is 23.1. The SMILES string of the molecule is COCCn1cc(B2OC(C)(C)C(C)(C)O2)cn1.COCCn1cc(Br)cn1. The van der Waals surface area contributed by atoms with Crippen LogP contribution in [0.1, 0.15) is 27.7 Å². The van der Waals surface area contributed by atoms with Gasteiger partial charge in [0.15, 0.2) is 0 Å². The number of aromatic nitrogens is 4. The molecular formula is C18H30BBrN4O4. The van der Waals surface area contributed by atoms with Crippen molar-refractivity contribution in [3.05, 3.63) is 29.3 Å². The van der Waals surface area contributed by atoms with Crippen LogP contribution >= 0.6 is 15.9 Å². The summed E-state index contributed by atoms with van der Waals surface area (Å²) in [6.07, 6.45) is 7.41. The van der Waals surface area contributed by atoms with Crippen LogP contribution in [0.15, 0.2) is 29.3 Å². The van der Waals surface area contributed by atoms with Crippen molar-refractivity contribution in [3.8, 4) is 0 Å². The van der Waals surface area contributed by atoms with Crippen LogP contribution < -0.4 is 5.46 Å². The second-order valence-electron chi connectivity index (χ2n) is 7.53. The Balaban J connectivity index is 0.000000237. The van der Waals surface area contributed by atoms with E-state index in [4.69, 9.17) is 18.8 Å². The van der Waals surface area contributed by atoms with E-state index in [1.807, 2.05) is 49.5 Å². The Morgan fingerprint density at radius 2 is 1.43 bits per heavy atom. The number of nitrogens with zero attached hydrogens (tertiary/aromatic N) is 4. The molecule has 0 bridgehead atoms. The normalized spacial score (nSPS) is 17.5. The minimum atomic E-state index is -0.341. The van der Waals surface area contributed by atoms with Gasteiger partial charge >= 0.3 is 7.12 Å². The molecule has 0 N–H and O–H groups in total. The highest BCUT2D eigenvalue weighted by Crippen LogP contribution is 2.36. The minimum Gasteiger partial charge on any atom is -0.399 e. The predicted octanol–water partition coefficient (Wildman–Crippen LogP) is 2.12. The number of ether oxygens (including phenoxy) is 2. The monoisotopic (exact) mass is 456 g/mol. The van der Waals surface area contributed by atoms with Gasteiger partial charge in [-0.3, -0.25) is 9.36 Å². The lowest BCUT2D eigenvalue weighted by atomic mass is 9.82. The van der Waals surface area contributed by atoms with Crippen LogP contribution in [0.2, 0.25) is 0 Å². The van der Waals surface area contributed by atoms with Gasteiger partial charge in [0.05, 0.1) is 48.2 Å². The Morgan fingerprint density at radius 1 is 0.929 bits per heavy atom. The molecule has 156 valence electrons. The van der Waals surface area contributed by atoms with Crippen molar-refractivity contribution in [2.24, 2.45) is 0 Å². The third kappa shape index (κ3) is 6.15. The molecule has 8 nitrogen and oxygen atoms in total. The van der Waals surface area contributed by atoms with Gasteiger partial charge in [-0.25, -0.2) is 0 Å². The summed E-state index contributed by atoms with van der Waals surface area (Å²) in [6, 6.07) is 0. The van der Waals surface area contributed by atoms with Gasteiger partial charge in [0, 0.05) is 38.3 Å². The van der Waals surface area contributed by atoms with Crippen molar-refractivity contribution >= 4 is 28.5 Å². The first-order chi connectivity index (χ1) is 13.2. The van der Waals surface area contributed by atoms with Crippen molar-refractivity contribution < 1.29 is 18.8 Å². The fourth-order valence-electron chi connectivity index (χ4n) is 2.43. The molecule has 0 radical (unpaired) electrons. The van der Waals surface area contributed by atoms with Crippen molar-refractivity contribution in [3.63, 3.8) is 0 Å². The molecule has 10 heteroatoms. The van der Waals surface area contributed by atoms with E-state index < -0.39 is 0 Å². The van der Waals surface area contributed by atoms with E-state index in [-0.39, 0.29) is 18.3 Å². The second-order valence-corrected chi connectivity index (χ2v) is 8.45. The molecule has 28 heavy (non-hydrogen) atoms. The standard InChI is InChI=1S/C12H21BN2O3.C6H9BrN2O/c1-11(2)12(3,4)18-13(17-11)10-8-14-15(9-10)6-7-16-5;1-10-3-2-9-5-6(7)4-8-9/h8-9H,6-7H2,1-5H3;4-5H,2-3H2,1H3. The first-order valence-corrected chi connectivity index (χ1v) is 10.0. The van der Waals surface area contributed by atoms with Crippen LogP contribution in [-0.4, -0.2) is 65.3 Å². The Labute approximate surface area is 175 Å². The molecule has 0 aliphatic carbocycles. The molecule has 0 aromatic carbocycles. The number of hydrogen-bond donors (Lipinski definition) is 0. The van der Waals surface area contributed by atoms with E-state index >= 15 is 0 Å². The summed E-state index contributed by atoms with van der Waals surface area (Å²) in [7, 11) is 3.02. The molecule has 3 heterocycles. The van der Waals surface area contributed by atoms with Gasteiger partial charge in [0.2, 0.25) is 0 Å². The molecule has 0 saturated carbocycles. The molecule has 2 aromatic heterocycles. The van der Waals surface area contributed by atoms with E-state index in [1.165, 1.54) is 0 Å². The highest BCUT2D eigenvalue weighted by atomic mass is 79.9. The summed E-state index contributed by atoms with van der Waals surface area (Å²) in [5.41, 5.74) is 0.322. The topological polar surface area (TPSA) is 72.6 Å². The summed E-state index contributed by atoms with van der Waals surface area (Å²) in [5, 5.41) is 8.31. The van der Waals surface area contributed by atoms with Gasteiger partial charge in [0.1, 0.15) is 0 Å². The third-order valence-electron chi connectivity index (χ3n) is 4.83. The van der Waals surface area contributed by atoms with Crippen molar-refractivity contribution in [1.29, 1.82) is 0 Å². The van der Waals surface area contributed by atoms with Gasteiger partial charge in [0.25, 0.3) is 0 Å². The smallest absolute Gasteiger partial charge is 0.399 e. The third-order valence-corrected chi connectivity index (χ3v) is 5.24. The summed E-state index contributed by atoms with van der Waals surface area (Å²) in [6.45, 7) is 11.1. The summed E-state index contributed by atoms with van der Waals surface area (Å²) in [4.78, 5) is 0. The zero-order valence-corrected chi connectivity index (χ0v) is 19.1. The number of rotatable bonds is 7. The number of methoxy groups -OCH3 is 2. The lowest BCUT2D eigenvalue weighted by Gasteiger charge is -2.32. The maximum Gasteiger partial charge on any atom is 0.498 e. The number of halogens is 1. The average Bonchev–Trinajstić information content (AvgIpc) is 3.31. The van der Waals surface area contributed by atoms with Crippen LogP contribution in [0.5, 0.6) is 0 Å². The molecule has 1 saturated heterocycles. The van der Waals surface area contributed by atoms with E-state index in [1.54, 1.807) is 26.6 Å². The molecule has 1 aliphatic heterocycles. The van der Waals surface area contributed by atoms with Gasteiger partial charge < -0.3 is 18.8 Å². The molecule has 0 spiro atoms. The van der Waals surface area contributed by atoms with Crippen LogP contribution in [0.25, 0.3) is 0 Å². The van der Waals surface area contributed by atoms with Crippen LogP contribution in [0, 0.1) is 0 Å². The molecule has 2 aromatic rings. The van der Waals surface area contributed by atoms with Gasteiger partial charge in [-0.05, 0) is 43.6 Å². The lowest BCUT2D eigenvalue weighted by molar-refractivity contribution is 0.00578. The predicted molar refractivity (Wildman–Crippen MR) is 112 cm³/mol. The van der Waals surface area contributed by atoms with Crippen LogP contribution in [0.4, 0.5) is 0 Å². The molecule has 0 unspecified atom stereocenters. The van der Waals surface area contributed by atoms with Gasteiger partial charge in [-0.1, -0.05) is 0 Å². The van der Waals surface area contributed by atoms with Crippen LogP contribution in [-0.2, 0) is 31.9 Å². The summed E-state index contributed by atoms with van der Waals surface area (Å²) < 4.78 is 26.5. The zero-order valence-electron chi connectivity index (χ0n) is 17.5. The Bertz CT molecular complexity index is 719. The van der Waals surface area contributed by atoms with Crippen molar-refractivity contribution in [2.75, 3.05) is 27.4 Å². The quantitative estimate of drug-likeness (QED) is 0.594. The van der Waals surface area contributed by atoms with E-state index in [0.717, 1.165) is 23.0 Å². The Hall–Kier alpha value is -1.20. The second kappa shape index (κ2) is 10.0. The molecular weight excluding hydrogens is 427 g/mol. The molecule has 1 aliphatic rings. The van der Waals surface area contributed by atoms with E-state index in [2.05, 4.69) is 26.1 Å². The van der Waals surface area contributed by atoms with Crippen molar-refractivity contribution in [2.45, 2.75) is 52.0 Å². The maximum atomic E-state index is 5.96. The lowest BCUT2D eigenvalue weighted by Crippen LogP contribution is -2.41.